The van der Waals surface area contributed by atoms with Gasteiger partial charge in [0, 0.05) is 31.6 Å². The van der Waals surface area contributed by atoms with Crippen LogP contribution in [0.15, 0.2) is 72.8 Å². The topological polar surface area (TPSA) is 54.0 Å². The van der Waals surface area contributed by atoms with Crippen LogP contribution in [0.5, 0.6) is 11.5 Å². The molecule has 3 aromatic rings. The maximum Gasteiger partial charge on any atom is 0.243 e. The largest absolute Gasteiger partial charge is 0.494 e. The van der Waals surface area contributed by atoms with Gasteiger partial charge in [-0.25, -0.2) is 0 Å². The average Bonchev–Trinajstić information content (AvgIpc) is 3.21. The second-order valence-corrected chi connectivity index (χ2v) is 9.63. The summed E-state index contributed by atoms with van der Waals surface area (Å²) in [5, 5.41) is 3.05. The van der Waals surface area contributed by atoms with Gasteiger partial charge >= 0.3 is 0 Å². The Kier molecular flexibility index (Phi) is 6.05. The number of rotatable bonds is 8. The number of carbonyl (C=O) groups excluding carboxylic acids is 1. The first-order chi connectivity index (χ1) is 17.2. The number of hydrogen-bond acceptors (Lipinski definition) is 5. The van der Waals surface area contributed by atoms with E-state index in [-0.39, 0.29) is 5.91 Å². The minimum absolute atomic E-state index is 0.102. The fourth-order valence-corrected chi connectivity index (χ4v) is 5.73. The monoisotopic (exact) mass is 469 g/mol. The number of ether oxygens (including phenoxy) is 2. The minimum atomic E-state index is 0.102. The van der Waals surface area contributed by atoms with Crippen LogP contribution in [0.25, 0.3) is 0 Å². The van der Waals surface area contributed by atoms with Crippen LogP contribution < -0.4 is 19.7 Å². The van der Waals surface area contributed by atoms with Crippen LogP contribution in [0.2, 0.25) is 0 Å². The number of fused-ring (bicyclic) bond motifs is 3. The predicted octanol–water partition coefficient (Wildman–Crippen LogP) is 4.66. The Bertz CT molecular complexity index is 1180. The molecule has 3 aliphatic rings. The van der Waals surface area contributed by atoms with Crippen molar-refractivity contribution in [3.63, 3.8) is 0 Å². The first kappa shape index (κ1) is 22.0. The molecule has 180 valence electrons. The van der Waals surface area contributed by atoms with E-state index in [0.717, 1.165) is 55.2 Å². The van der Waals surface area contributed by atoms with Gasteiger partial charge in [0.25, 0.3) is 0 Å². The van der Waals surface area contributed by atoms with Gasteiger partial charge in [-0.05, 0) is 54.3 Å². The van der Waals surface area contributed by atoms with Gasteiger partial charge in [0.1, 0.15) is 18.1 Å². The van der Waals surface area contributed by atoms with Crippen LogP contribution in [-0.2, 0) is 11.4 Å². The standard InChI is InChI=1S/C29H31N3O3/c33-28-19-32-27-14-16-31(18-25(27)24-8-4-9-26(30-28)29(24)32)15-5-17-34-22-10-12-23(13-11-22)35-20-21-6-2-1-3-7-21/h1-4,6-13,25,27H,5,14-20H2,(H,30,33)/t25-,27-/m0/s1. The molecule has 35 heavy (non-hydrogen) atoms. The van der Waals surface area contributed by atoms with E-state index in [1.807, 2.05) is 48.5 Å². The maximum absolute atomic E-state index is 12.2. The molecule has 3 aromatic carbocycles. The Labute approximate surface area is 206 Å². The predicted molar refractivity (Wildman–Crippen MR) is 137 cm³/mol. The maximum atomic E-state index is 12.2. The summed E-state index contributed by atoms with van der Waals surface area (Å²) < 4.78 is 11.8. The molecule has 2 atom stereocenters. The van der Waals surface area contributed by atoms with Crippen LogP contribution in [-0.4, -0.2) is 49.6 Å². The molecule has 3 aliphatic heterocycles. The van der Waals surface area contributed by atoms with Crippen LogP contribution >= 0.6 is 0 Å². The third kappa shape index (κ3) is 4.58. The molecule has 1 fully saturated rings. The Morgan fingerprint density at radius 3 is 2.54 bits per heavy atom. The minimum Gasteiger partial charge on any atom is -0.494 e. The average molecular weight is 470 g/mol. The lowest BCUT2D eigenvalue weighted by atomic mass is 9.89. The molecule has 3 heterocycles. The molecule has 0 bridgehead atoms. The van der Waals surface area contributed by atoms with Gasteiger partial charge < -0.3 is 24.6 Å². The molecule has 0 spiro atoms. The highest BCUT2D eigenvalue weighted by Gasteiger charge is 2.44. The van der Waals surface area contributed by atoms with Crippen molar-refractivity contribution < 1.29 is 14.3 Å². The third-order valence-corrected chi connectivity index (χ3v) is 7.36. The molecule has 6 heteroatoms. The molecular formula is C29H31N3O3. The van der Waals surface area contributed by atoms with Crippen molar-refractivity contribution in [2.75, 3.05) is 43.0 Å². The fraction of sp³-hybridized carbons (Fsp3) is 0.345. The van der Waals surface area contributed by atoms with Crippen molar-refractivity contribution in [2.24, 2.45) is 0 Å². The van der Waals surface area contributed by atoms with Crippen LogP contribution in [0.3, 0.4) is 0 Å². The van der Waals surface area contributed by atoms with Crippen LogP contribution in [0.4, 0.5) is 11.4 Å². The molecule has 1 amide bonds. The van der Waals surface area contributed by atoms with E-state index in [0.29, 0.717) is 31.7 Å². The zero-order valence-electron chi connectivity index (χ0n) is 19.9. The quantitative estimate of drug-likeness (QED) is 0.486. The van der Waals surface area contributed by atoms with Gasteiger partial charge in [0.05, 0.1) is 24.5 Å². The lowest BCUT2D eigenvalue weighted by Crippen LogP contribution is -2.49. The molecule has 1 saturated heterocycles. The van der Waals surface area contributed by atoms with Crippen molar-refractivity contribution in [3.8, 4) is 11.5 Å². The summed E-state index contributed by atoms with van der Waals surface area (Å²) in [6.07, 6.45) is 2.08. The number of nitrogens with zero attached hydrogens (tertiary/aromatic N) is 2. The van der Waals surface area contributed by atoms with E-state index in [4.69, 9.17) is 9.47 Å². The Hall–Kier alpha value is -3.51. The molecule has 6 rings (SSSR count). The number of likely N-dealkylation sites (tertiary alicyclic amines) is 1. The van der Waals surface area contributed by atoms with Crippen molar-refractivity contribution in [1.82, 2.24) is 4.90 Å². The highest BCUT2D eigenvalue weighted by atomic mass is 16.5. The Balaban J connectivity index is 0.973. The van der Waals surface area contributed by atoms with E-state index in [2.05, 4.69) is 39.4 Å². The summed E-state index contributed by atoms with van der Waals surface area (Å²) in [6.45, 7) is 4.87. The first-order valence-electron chi connectivity index (χ1n) is 12.6. The number of carbonyl (C=O) groups is 1. The number of anilines is 2. The van der Waals surface area contributed by atoms with Crippen molar-refractivity contribution in [2.45, 2.75) is 31.4 Å². The summed E-state index contributed by atoms with van der Waals surface area (Å²) in [5.41, 5.74) is 4.78. The summed E-state index contributed by atoms with van der Waals surface area (Å²) in [7, 11) is 0. The molecule has 0 unspecified atom stereocenters. The lowest BCUT2D eigenvalue weighted by molar-refractivity contribution is -0.115. The molecule has 0 radical (unpaired) electrons. The summed E-state index contributed by atoms with van der Waals surface area (Å²) in [4.78, 5) is 17.1. The molecule has 0 saturated carbocycles. The highest BCUT2D eigenvalue weighted by Crippen LogP contribution is 2.49. The summed E-state index contributed by atoms with van der Waals surface area (Å²) >= 11 is 0. The number of benzene rings is 3. The second-order valence-electron chi connectivity index (χ2n) is 9.63. The molecule has 6 nitrogen and oxygen atoms in total. The third-order valence-electron chi connectivity index (χ3n) is 7.36. The van der Waals surface area contributed by atoms with Crippen LogP contribution in [0.1, 0.15) is 29.9 Å². The zero-order valence-corrected chi connectivity index (χ0v) is 19.9. The number of amides is 1. The number of nitrogens with one attached hydrogen (secondary N) is 1. The highest BCUT2D eigenvalue weighted by molar-refractivity contribution is 6.03. The van der Waals surface area contributed by atoms with Gasteiger partial charge in [-0.2, -0.15) is 0 Å². The van der Waals surface area contributed by atoms with Gasteiger partial charge in [-0.3, -0.25) is 4.79 Å². The SMILES string of the molecule is O=C1CN2c3c(cccc3[C@@H]3CN(CCCOc4ccc(OCc5ccccc5)cc4)CC[C@@H]32)N1. The second kappa shape index (κ2) is 9.62. The fourth-order valence-electron chi connectivity index (χ4n) is 5.73. The molecule has 0 aromatic heterocycles. The lowest BCUT2D eigenvalue weighted by Gasteiger charge is -2.39. The number of piperidine rings is 1. The van der Waals surface area contributed by atoms with E-state index in [9.17, 15) is 4.79 Å². The van der Waals surface area contributed by atoms with Gasteiger partial charge in [0.15, 0.2) is 0 Å². The molecular weight excluding hydrogens is 438 g/mol. The van der Waals surface area contributed by atoms with Crippen molar-refractivity contribution in [3.05, 3.63) is 83.9 Å². The van der Waals surface area contributed by atoms with E-state index < -0.39 is 0 Å². The Morgan fingerprint density at radius 1 is 0.914 bits per heavy atom. The van der Waals surface area contributed by atoms with Crippen molar-refractivity contribution >= 4 is 17.3 Å². The zero-order chi connectivity index (χ0) is 23.6. The van der Waals surface area contributed by atoms with E-state index >= 15 is 0 Å². The summed E-state index contributed by atoms with van der Waals surface area (Å²) in [6, 6.07) is 24.8. The number of hydrogen-bond donors (Lipinski definition) is 1. The van der Waals surface area contributed by atoms with E-state index in [1.165, 1.54) is 11.3 Å². The summed E-state index contributed by atoms with van der Waals surface area (Å²) in [5.74, 6) is 2.29. The first-order valence-corrected chi connectivity index (χ1v) is 12.6. The number of para-hydroxylation sites is 1. The van der Waals surface area contributed by atoms with Gasteiger partial charge in [0.2, 0.25) is 5.91 Å². The van der Waals surface area contributed by atoms with Gasteiger partial charge in [-0.1, -0.05) is 42.5 Å². The molecule has 1 N–H and O–H groups in total. The Morgan fingerprint density at radius 2 is 1.71 bits per heavy atom. The van der Waals surface area contributed by atoms with Crippen LogP contribution in [0, 0.1) is 0 Å². The normalized spacial score (nSPS) is 20.7. The smallest absolute Gasteiger partial charge is 0.243 e. The van der Waals surface area contributed by atoms with E-state index in [1.54, 1.807) is 0 Å². The van der Waals surface area contributed by atoms with Gasteiger partial charge in [-0.15, -0.1) is 0 Å². The van der Waals surface area contributed by atoms with Crippen molar-refractivity contribution in [1.29, 1.82) is 0 Å². The molecule has 0 aliphatic carbocycles.